The number of aromatic nitrogens is 2. The van der Waals surface area contributed by atoms with Crippen LogP contribution >= 0.6 is 11.8 Å². The Morgan fingerprint density at radius 3 is 3.20 bits per heavy atom. The lowest BCUT2D eigenvalue weighted by Crippen LogP contribution is -2.18. The van der Waals surface area contributed by atoms with E-state index in [1.54, 1.807) is 24.3 Å². The summed E-state index contributed by atoms with van der Waals surface area (Å²) in [7, 11) is 0. The molecule has 1 aliphatic rings. The van der Waals surface area contributed by atoms with Gasteiger partial charge in [-0.05, 0) is 18.2 Å². The van der Waals surface area contributed by atoms with Gasteiger partial charge in [0.1, 0.15) is 0 Å². The van der Waals surface area contributed by atoms with Crippen LogP contribution in [0, 0.1) is 0 Å². The van der Waals surface area contributed by atoms with Crippen LogP contribution in [0.15, 0.2) is 47.9 Å². The average Bonchev–Trinajstić information content (AvgIpc) is 3.09. The van der Waals surface area contributed by atoms with Crippen molar-refractivity contribution in [2.24, 2.45) is 0 Å². The molecule has 106 valence electrons. The van der Waals surface area contributed by atoms with Crippen molar-refractivity contribution in [3.05, 3.63) is 43.0 Å². The van der Waals surface area contributed by atoms with Gasteiger partial charge in [0.2, 0.25) is 0 Å². The molecule has 1 saturated heterocycles. The number of thioether (sulfide) groups is 1. The molecule has 3 rings (SSSR count). The van der Waals surface area contributed by atoms with E-state index >= 15 is 0 Å². The molecule has 2 atom stereocenters. The van der Waals surface area contributed by atoms with Gasteiger partial charge in [0, 0.05) is 28.7 Å². The van der Waals surface area contributed by atoms with Crippen molar-refractivity contribution in [2.75, 3.05) is 18.1 Å². The Bertz CT molecular complexity index is 547. The van der Waals surface area contributed by atoms with Crippen LogP contribution in [0.25, 0.3) is 0 Å². The fraction of sp³-hybridized carbons (Fsp3) is 0.357. The van der Waals surface area contributed by atoms with Crippen LogP contribution in [0.1, 0.15) is 0 Å². The first-order valence-corrected chi connectivity index (χ1v) is 7.49. The van der Waals surface area contributed by atoms with Crippen LogP contribution in [0.3, 0.4) is 0 Å². The van der Waals surface area contributed by atoms with Gasteiger partial charge < -0.3 is 19.8 Å². The third-order valence-electron chi connectivity index (χ3n) is 3.03. The smallest absolute Gasteiger partial charge is 0.175 e. The Hall–Kier alpha value is -1.50. The summed E-state index contributed by atoms with van der Waals surface area (Å²) in [5, 5.41) is 0. The standard InChI is InChI=1S/C14H17N3O2S/c15-11-2-1-3-13(6-11)20-9-12-8-18-14(19-12)7-17-5-4-16-10-17/h1-6,10,12,14H,7-9,15H2. The van der Waals surface area contributed by atoms with Crippen LogP contribution in [-0.2, 0) is 16.0 Å². The molecule has 0 aliphatic carbocycles. The van der Waals surface area contributed by atoms with Crippen molar-refractivity contribution >= 4 is 17.4 Å². The van der Waals surface area contributed by atoms with Crippen molar-refractivity contribution in [3.8, 4) is 0 Å². The number of benzene rings is 1. The number of nitrogen functional groups attached to an aromatic ring is 1. The summed E-state index contributed by atoms with van der Waals surface area (Å²) < 4.78 is 13.5. The zero-order chi connectivity index (χ0) is 13.8. The molecule has 1 aromatic heterocycles. The normalized spacial score (nSPS) is 22.2. The second kappa shape index (κ2) is 6.30. The second-order valence-electron chi connectivity index (χ2n) is 4.66. The Morgan fingerprint density at radius 2 is 2.40 bits per heavy atom. The van der Waals surface area contributed by atoms with Gasteiger partial charge in [0.15, 0.2) is 6.29 Å². The van der Waals surface area contributed by atoms with Crippen LogP contribution in [0.4, 0.5) is 5.69 Å². The molecule has 0 spiro atoms. The quantitative estimate of drug-likeness (QED) is 0.674. The highest BCUT2D eigenvalue weighted by Gasteiger charge is 2.26. The molecule has 5 nitrogen and oxygen atoms in total. The number of hydrogen-bond acceptors (Lipinski definition) is 5. The lowest BCUT2D eigenvalue weighted by molar-refractivity contribution is -0.0640. The molecule has 2 aromatic rings. The molecule has 20 heavy (non-hydrogen) atoms. The van der Waals surface area contributed by atoms with E-state index in [2.05, 4.69) is 11.1 Å². The minimum absolute atomic E-state index is 0.120. The molecular weight excluding hydrogens is 274 g/mol. The predicted octanol–water partition coefficient (Wildman–Crippen LogP) is 2.00. The Balaban J connectivity index is 1.46. The van der Waals surface area contributed by atoms with Crippen molar-refractivity contribution in [1.29, 1.82) is 0 Å². The van der Waals surface area contributed by atoms with E-state index < -0.39 is 0 Å². The van der Waals surface area contributed by atoms with Crippen LogP contribution < -0.4 is 5.73 Å². The summed E-state index contributed by atoms with van der Waals surface area (Å²) >= 11 is 1.74. The molecule has 2 heterocycles. The molecule has 1 aliphatic heterocycles. The maximum absolute atomic E-state index is 5.86. The van der Waals surface area contributed by atoms with Crippen LogP contribution in [0.5, 0.6) is 0 Å². The zero-order valence-corrected chi connectivity index (χ0v) is 11.8. The minimum atomic E-state index is -0.185. The van der Waals surface area contributed by atoms with Gasteiger partial charge >= 0.3 is 0 Å². The summed E-state index contributed by atoms with van der Waals surface area (Å²) in [6, 6.07) is 7.88. The van der Waals surface area contributed by atoms with E-state index in [9.17, 15) is 0 Å². The van der Waals surface area contributed by atoms with Gasteiger partial charge in [-0.2, -0.15) is 0 Å². The first-order valence-electron chi connectivity index (χ1n) is 6.51. The highest BCUT2D eigenvalue weighted by atomic mass is 32.2. The minimum Gasteiger partial charge on any atom is -0.399 e. The molecule has 1 fully saturated rings. The molecule has 2 unspecified atom stereocenters. The van der Waals surface area contributed by atoms with Crippen molar-refractivity contribution in [1.82, 2.24) is 9.55 Å². The van der Waals surface area contributed by atoms with Gasteiger partial charge in [0.25, 0.3) is 0 Å². The fourth-order valence-corrected chi connectivity index (χ4v) is 3.00. The molecular formula is C14H17N3O2S. The Labute approximate surface area is 122 Å². The SMILES string of the molecule is Nc1cccc(SCC2COC(Cn3ccnc3)O2)c1. The number of nitrogens with two attached hydrogens (primary N) is 1. The number of ether oxygens (including phenoxy) is 2. The first kappa shape index (κ1) is 13.5. The number of rotatable bonds is 5. The van der Waals surface area contributed by atoms with Gasteiger partial charge in [-0.25, -0.2) is 4.98 Å². The lowest BCUT2D eigenvalue weighted by Gasteiger charge is -2.11. The van der Waals surface area contributed by atoms with E-state index in [4.69, 9.17) is 15.2 Å². The van der Waals surface area contributed by atoms with Gasteiger partial charge in [-0.1, -0.05) is 6.07 Å². The number of anilines is 1. The van der Waals surface area contributed by atoms with Crippen LogP contribution in [0.2, 0.25) is 0 Å². The van der Waals surface area contributed by atoms with Gasteiger partial charge in [-0.3, -0.25) is 0 Å². The van der Waals surface area contributed by atoms with E-state index in [0.29, 0.717) is 13.2 Å². The number of nitrogens with zero attached hydrogens (tertiary/aromatic N) is 2. The molecule has 0 radical (unpaired) electrons. The van der Waals surface area contributed by atoms with E-state index in [1.165, 1.54) is 0 Å². The van der Waals surface area contributed by atoms with Crippen LogP contribution in [-0.4, -0.2) is 34.3 Å². The van der Waals surface area contributed by atoms with E-state index in [1.807, 2.05) is 29.0 Å². The largest absolute Gasteiger partial charge is 0.399 e. The molecule has 6 heteroatoms. The summed E-state index contributed by atoms with van der Waals surface area (Å²) in [4.78, 5) is 5.16. The molecule has 1 aromatic carbocycles. The van der Waals surface area contributed by atoms with Gasteiger partial charge in [-0.15, -0.1) is 11.8 Å². The Morgan fingerprint density at radius 1 is 1.45 bits per heavy atom. The van der Waals surface area contributed by atoms with Crippen molar-refractivity contribution < 1.29 is 9.47 Å². The topological polar surface area (TPSA) is 62.3 Å². The summed E-state index contributed by atoms with van der Waals surface area (Å²) in [5.41, 5.74) is 6.55. The maximum Gasteiger partial charge on any atom is 0.175 e. The second-order valence-corrected chi connectivity index (χ2v) is 5.76. The molecule has 0 bridgehead atoms. The fourth-order valence-electron chi connectivity index (χ4n) is 2.05. The monoisotopic (exact) mass is 291 g/mol. The number of imidazole rings is 1. The third kappa shape index (κ3) is 3.53. The summed E-state index contributed by atoms with van der Waals surface area (Å²) in [6.07, 6.45) is 5.36. The van der Waals surface area contributed by atoms with Gasteiger partial charge in [0.05, 0.1) is 25.6 Å². The third-order valence-corrected chi connectivity index (χ3v) is 4.15. The van der Waals surface area contributed by atoms with E-state index in [0.717, 1.165) is 16.3 Å². The predicted molar refractivity (Wildman–Crippen MR) is 78.4 cm³/mol. The van der Waals surface area contributed by atoms with Crippen molar-refractivity contribution in [3.63, 3.8) is 0 Å². The maximum atomic E-state index is 5.86. The van der Waals surface area contributed by atoms with E-state index in [-0.39, 0.29) is 12.4 Å². The Kier molecular flexibility index (Phi) is 4.25. The average molecular weight is 291 g/mol. The molecule has 2 N–H and O–H groups in total. The van der Waals surface area contributed by atoms with Crippen molar-refractivity contribution in [2.45, 2.75) is 23.8 Å². The molecule has 0 amide bonds. The summed E-state index contributed by atoms with van der Waals surface area (Å²) in [6.45, 7) is 1.31. The number of hydrogen-bond donors (Lipinski definition) is 1. The highest BCUT2D eigenvalue weighted by molar-refractivity contribution is 7.99. The first-order chi connectivity index (χ1) is 9.79. The zero-order valence-electron chi connectivity index (χ0n) is 11.0. The summed E-state index contributed by atoms with van der Waals surface area (Å²) in [5.74, 6) is 0.865. The lowest BCUT2D eigenvalue weighted by atomic mass is 10.3. The molecule has 0 saturated carbocycles. The highest BCUT2D eigenvalue weighted by Crippen LogP contribution is 2.24.